The lowest BCUT2D eigenvalue weighted by Crippen LogP contribution is -2.10. The van der Waals surface area contributed by atoms with Gasteiger partial charge in [-0.25, -0.2) is 9.79 Å². The maximum absolute atomic E-state index is 12.5. The molecule has 1 unspecified atom stereocenters. The van der Waals surface area contributed by atoms with Crippen LogP contribution in [0.3, 0.4) is 0 Å². The summed E-state index contributed by atoms with van der Waals surface area (Å²) in [7, 11) is 0. The van der Waals surface area contributed by atoms with Gasteiger partial charge in [-0.15, -0.1) is 0 Å². The second-order valence-electron chi connectivity index (χ2n) is 4.46. The molecule has 2 rings (SSSR count). The van der Waals surface area contributed by atoms with E-state index in [0.29, 0.717) is 6.42 Å². The SMILES string of the molecule is O=C=NC1CCC=C(c2ccc(C(F)(F)F)cc2)C1. The lowest BCUT2D eigenvalue weighted by atomic mass is 9.90. The molecule has 1 aromatic rings. The number of hydrogen-bond acceptors (Lipinski definition) is 2. The highest BCUT2D eigenvalue weighted by Crippen LogP contribution is 2.32. The average molecular weight is 267 g/mol. The third kappa shape index (κ3) is 3.32. The van der Waals surface area contributed by atoms with Gasteiger partial charge in [0.1, 0.15) is 0 Å². The summed E-state index contributed by atoms with van der Waals surface area (Å²) in [4.78, 5) is 13.9. The van der Waals surface area contributed by atoms with Crippen LogP contribution in [0.2, 0.25) is 0 Å². The number of nitrogens with zero attached hydrogens (tertiary/aromatic N) is 1. The Morgan fingerprint density at radius 2 is 1.89 bits per heavy atom. The molecule has 0 saturated carbocycles. The molecule has 5 heteroatoms. The highest BCUT2D eigenvalue weighted by Gasteiger charge is 2.30. The first-order valence-corrected chi connectivity index (χ1v) is 5.94. The quantitative estimate of drug-likeness (QED) is 0.588. The molecule has 0 spiro atoms. The van der Waals surface area contributed by atoms with E-state index in [4.69, 9.17) is 0 Å². The smallest absolute Gasteiger partial charge is 0.211 e. The molecule has 0 radical (unpaired) electrons. The van der Waals surface area contributed by atoms with Crippen molar-refractivity contribution in [3.05, 3.63) is 41.5 Å². The van der Waals surface area contributed by atoms with Crippen molar-refractivity contribution in [2.45, 2.75) is 31.5 Å². The summed E-state index contributed by atoms with van der Waals surface area (Å²) >= 11 is 0. The summed E-state index contributed by atoms with van der Waals surface area (Å²) in [5, 5.41) is 0. The molecule has 0 aliphatic heterocycles. The zero-order valence-electron chi connectivity index (χ0n) is 10.1. The number of halogens is 3. The van der Waals surface area contributed by atoms with Gasteiger partial charge in [0, 0.05) is 0 Å². The number of alkyl halides is 3. The van der Waals surface area contributed by atoms with Crippen LogP contribution in [0.4, 0.5) is 13.2 Å². The molecule has 1 aromatic carbocycles. The average Bonchev–Trinajstić information content (AvgIpc) is 2.39. The first kappa shape index (κ1) is 13.6. The summed E-state index contributed by atoms with van der Waals surface area (Å²) in [5.41, 5.74) is 1.03. The van der Waals surface area contributed by atoms with Crippen molar-refractivity contribution in [3.8, 4) is 0 Å². The zero-order valence-corrected chi connectivity index (χ0v) is 10.1. The Morgan fingerprint density at radius 3 is 2.47 bits per heavy atom. The Bertz CT molecular complexity index is 525. The van der Waals surface area contributed by atoms with Crippen LogP contribution in [0.1, 0.15) is 30.4 Å². The fourth-order valence-corrected chi connectivity index (χ4v) is 2.18. The summed E-state index contributed by atoms with van der Waals surface area (Å²) < 4.78 is 37.4. The molecule has 0 fully saturated rings. The summed E-state index contributed by atoms with van der Waals surface area (Å²) in [6.07, 6.45) is 1.32. The third-order valence-electron chi connectivity index (χ3n) is 3.16. The number of rotatable bonds is 2. The molecular weight excluding hydrogens is 255 g/mol. The molecule has 1 atom stereocenters. The van der Waals surface area contributed by atoms with Gasteiger partial charge in [0.2, 0.25) is 6.08 Å². The fourth-order valence-electron chi connectivity index (χ4n) is 2.18. The standard InChI is InChI=1S/C14H12F3NO/c15-14(16,17)12-6-4-10(5-7-12)11-2-1-3-13(8-11)18-9-19/h2,4-7,13H,1,3,8H2. The Hall–Kier alpha value is -1.87. The highest BCUT2D eigenvalue weighted by atomic mass is 19.4. The van der Waals surface area contributed by atoms with Crippen LogP contribution >= 0.6 is 0 Å². The number of carbonyl (C=O) groups excluding carboxylic acids is 1. The lowest BCUT2D eigenvalue weighted by molar-refractivity contribution is -0.137. The number of hydrogen-bond donors (Lipinski definition) is 0. The van der Waals surface area contributed by atoms with Crippen LogP contribution in [0.25, 0.3) is 5.57 Å². The Balaban J connectivity index is 2.19. The van der Waals surface area contributed by atoms with Crippen molar-refractivity contribution < 1.29 is 18.0 Å². The predicted octanol–water partition coefficient (Wildman–Crippen LogP) is 3.98. The van der Waals surface area contributed by atoms with Gasteiger partial charge in [0.05, 0.1) is 11.6 Å². The van der Waals surface area contributed by atoms with Gasteiger partial charge in [-0.05, 0) is 42.5 Å². The molecule has 1 aliphatic rings. The number of allylic oxidation sites excluding steroid dienone is 1. The van der Waals surface area contributed by atoms with Gasteiger partial charge in [-0.3, -0.25) is 0 Å². The minimum atomic E-state index is -4.32. The first-order chi connectivity index (χ1) is 9.00. The van der Waals surface area contributed by atoms with Crippen molar-refractivity contribution in [1.29, 1.82) is 0 Å². The molecule has 0 aromatic heterocycles. The summed E-state index contributed by atoms with van der Waals surface area (Å²) in [6, 6.07) is 4.95. The minimum Gasteiger partial charge on any atom is -0.211 e. The number of aliphatic imine (C=N–C) groups is 1. The Labute approximate surface area is 108 Å². The highest BCUT2D eigenvalue weighted by molar-refractivity contribution is 5.67. The van der Waals surface area contributed by atoms with Crippen LogP contribution in [0.15, 0.2) is 35.3 Å². The molecule has 2 nitrogen and oxygen atoms in total. The molecule has 19 heavy (non-hydrogen) atoms. The van der Waals surface area contributed by atoms with E-state index >= 15 is 0 Å². The van der Waals surface area contributed by atoms with Crippen LogP contribution in [-0.4, -0.2) is 12.1 Å². The van der Waals surface area contributed by atoms with Gasteiger partial charge in [-0.2, -0.15) is 13.2 Å². The van der Waals surface area contributed by atoms with Crippen molar-refractivity contribution in [1.82, 2.24) is 0 Å². The van der Waals surface area contributed by atoms with E-state index in [1.54, 1.807) is 0 Å². The van der Waals surface area contributed by atoms with E-state index in [-0.39, 0.29) is 6.04 Å². The van der Waals surface area contributed by atoms with Crippen molar-refractivity contribution in [2.24, 2.45) is 4.99 Å². The van der Waals surface area contributed by atoms with Crippen LogP contribution in [-0.2, 0) is 11.0 Å². The molecule has 0 N–H and O–H groups in total. The number of benzene rings is 1. The molecular formula is C14H12F3NO. The second-order valence-corrected chi connectivity index (χ2v) is 4.46. The zero-order chi connectivity index (χ0) is 13.9. The van der Waals surface area contributed by atoms with E-state index in [2.05, 4.69) is 4.99 Å². The fraction of sp³-hybridized carbons (Fsp3) is 0.357. The van der Waals surface area contributed by atoms with Gasteiger partial charge >= 0.3 is 6.18 Å². The van der Waals surface area contributed by atoms with E-state index in [1.807, 2.05) is 6.08 Å². The summed E-state index contributed by atoms with van der Waals surface area (Å²) in [5.74, 6) is 0. The molecule has 0 heterocycles. The topological polar surface area (TPSA) is 29.4 Å². The van der Waals surface area contributed by atoms with E-state index < -0.39 is 11.7 Å². The lowest BCUT2D eigenvalue weighted by Gasteiger charge is -2.18. The van der Waals surface area contributed by atoms with E-state index in [0.717, 1.165) is 36.1 Å². The van der Waals surface area contributed by atoms with Gasteiger partial charge in [0.25, 0.3) is 0 Å². The van der Waals surface area contributed by atoms with Crippen LogP contribution < -0.4 is 0 Å². The van der Waals surface area contributed by atoms with Gasteiger partial charge < -0.3 is 0 Å². The normalized spacial score (nSPS) is 19.5. The molecule has 0 amide bonds. The first-order valence-electron chi connectivity index (χ1n) is 5.94. The summed E-state index contributed by atoms with van der Waals surface area (Å²) in [6.45, 7) is 0. The monoisotopic (exact) mass is 267 g/mol. The van der Waals surface area contributed by atoms with Gasteiger partial charge in [-0.1, -0.05) is 18.2 Å². The Kier molecular flexibility index (Phi) is 3.86. The predicted molar refractivity (Wildman–Crippen MR) is 65.2 cm³/mol. The minimum absolute atomic E-state index is 0.111. The largest absolute Gasteiger partial charge is 0.416 e. The maximum atomic E-state index is 12.5. The third-order valence-corrected chi connectivity index (χ3v) is 3.16. The molecule has 0 bridgehead atoms. The number of isocyanates is 1. The molecule has 0 saturated heterocycles. The maximum Gasteiger partial charge on any atom is 0.416 e. The molecule has 100 valence electrons. The molecule has 1 aliphatic carbocycles. The van der Waals surface area contributed by atoms with E-state index in [9.17, 15) is 18.0 Å². The van der Waals surface area contributed by atoms with Gasteiger partial charge in [0.15, 0.2) is 0 Å². The van der Waals surface area contributed by atoms with Crippen molar-refractivity contribution >= 4 is 11.7 Å². The second kappa shape index (κ2) is 5.41. The van der Waals surface area contributed by atoms with E-state index in [1.165, 1.54) is 18.2 Å². The van der Waals surface area contributed by atoms with Crippen molar-refractivity contribution in [3.63, 3.8) is 0 Å². The van der Waals surface area contributed by atoms with Crippen molar-refractivity contribution in [2.75, 3.05) is 0 Å². The van der Waals surface area contributed by atoms with Crippen LogP contribution in [0.5, 0.6) is 0 Å². The Morgan fingerprint density at radius 1 is 1.21 bits per heavy atom. The van der Waals surface area contributed by atoms with Crippen LogP contribution in [0, 0.1) is 0 Å².